The van der Waals surface area contributed by atoms with Crippen molar-refractivity contribution >= 4 is 5.91 Å². The Morgan fingerprint density at radius 1 is 0.414 bits per heavy atom. The molecule has 6 heteroatoms. The Kier molecular flexibility index (Phi) is 45.4. The number of hydrogen-bond donors (Lipinski definition) is 5. The van der Waals surface area contributed by atoms with Gasteiger partial charge in [0.25, 0.3) is 0 Å². The zero-order chi connectivity index (χ0) is 42.4. The minimum absolute atomic E-state index is 0.362. The first kappa shape index (κ1) is 56.5. The minimum atomic E-state index is -1.29. The van der Waals surface area contributed by atoms with Crippen LogP contribution in [0, 0.1) is 0 Å². The molecule has 0 aliphatic heterocycles. The van der Waals surface area contributed by atoms with E-state index >= 15 is 0 Å². The molecule has 1 amide bonds. The smallest absolute Gasteiger partial charge is 0.249 e. The predicted molar refractivity (Wildman–Crippen MR) is 251 cm³/mol. The molecule has 0 aromatic heterocycles. The van der Waals surface area contributed by atoms with Crippen LogP contribution in [0.25, 0.3) is 0 Å². The van der Waals surface area contributed by atoms with Gasteiger partial charge in [0, 0.05) is 0 Å². The van der Waals surface area contributed by atoms with E-state index in [4.69, 9.17) is 0 Å². The van der Waals surface area contributed by atoms with Crippen molar-refractivity contribution in [2.75, 3.05) is 6.61 Å². The molecule has 4 atom stereocenters. The van der Waals surface area contributed by atoms with Gasteiger partial charge in [-0.05, 0) is 64.2 Å². The molecule has 0 aliphatic carbocycles. The largest absolute Gasteiger partial charge is 0.394 e. The zero-order valence-corrected chi connectivity index (χ0v) is 38.5. The molecule has 0 saturated carbocycles. The molecule has 6 nitrogen and oxygen atoms in total. The van der Waals surface area contributed by atoms with Crippen LogP contribution in [0.15, 0.2) is 36.5 Å². The lowest BCUT2D eigenvalue weighted by Crippen LogP contribution is -2.53. The molecule has 5 N–H and O–H groups in total. The van der Waals surface area contributed by atoms with Gasteiger partial charge in [-0.15, -0.1) is 0 Å². The van der Waals surface area contributed by atoms with Gasteiger partial charge in [-0.3, -0.25) is 4.79 Å². The Morgan fingerprint density at radius 3 is 1.09 bits per heavy atom. The summed E-state index contributed by atoms with van der Waals surface area (Å²) in [4.78, 5) is 12.6. The van der Waals surface area contributed by atoms with E-state index < -0.39 is 36.9 Å². The number of unbranched alkanes of at least 4 members (excludes halogenated alkanes) is 31. The average Bonchev–Trinajstić information content (AvgIpc) is 3.23. The van der Waals surface area contributed by atoms with E-state index in [0.717, 1.165) is 51.4 Å². The molecule has 0 saturated heterocycles. The van der Waals surface area contributed by atoms with Crippen molar-refractivity contribution in [2.24, 2.45) is 0 Å². The van der Waals surface area contributed by atoms with E-state index in [0.29, 0.717) is 19.3 Å². The summed E-state index contributed by atoms with van der Waals surface area (Å²) in [5.41, 5.74) is 0. The van der Waals surface area contributed by atoms with Crippen molar-refractivity contribution in [1.29, 1.82) is 0 Å². The maximum atomic E-state index is 12.6. The Morgan fingerprint density at radius 2 is 0.724 bits per heavy atom. The fourth-order valence-corrected chi connectivity index (χ4v) is 7.79. The van der Waals surface area contributed by atoms with Gasteiger partial charge in [0.15, 0.2) is 0 Å². The van der Waals surface area contributed by atoms with Crippen LogP contribution in [0.4, 0.5) is 0 Å². The molecule has 0 radical (unpaired) electrons. The molecule has 342 valence electrons. The van der Waals surface area contributed by atoms with Crippen LogP contribution in [0.2, 0.25) is 0 Å². The molecule has 0 heterocycles. The first-order valence-electron chi connectivity index (χ1n) is 25.4. The third-order valence-electron chi connectivity index (χ3n) is 11.8. The highest BCUT2D eigenvalue weighted by Gasteiger charge is 2.28. The topological polar surface area (TPSA) is 110 Å². The van der Waals surface area contributed by atoms with Crippen LogP contribution in [-0.4, -0.2) is 57.3 Å². The fourth-order valence-electron chi connectivity index (χ4n) is 7.79. The molecule has 0 rings (SSSR count). The normalized spacial score (nSPS) is 14.2. The van der Waals surface area contributed by atoms with Gasteiger partial charge in [-0.2, -0.15) is 0 Å². The summed E-state index contributed by atoms with van der Waals surface area (Å²) in [5.74, 6) is -0.596. The first-order valence-corrected chi connectivity index (χ1v) is 25.4. The molecule has 0 spiro atoms. The third kappa shape index (κ3) is 40.0. The number of aliphatic hydroxyl groups is 4. The molecule has 4 unspecified atom stereocenters. The quantitative estimate of drug-likeness (QED) is 0.0310. The summed E-state index contributed by atoms with van der Waals surface area (Å²) in [6.45, 7) is 4.05. The summed E-state index contributed by atoms with van der Waals surface area (Å²) < 4.78 is 0. The maximum Gasteiger partial charge on any atom is 0.249 e. The standard InChI is InChI=1S/C52H99NO5/c1-3-5-7-9-11-13-15-17-19-21-23-25-27-29-31-33-35-37-39-41-43-45-49(55)51(57)48(47-54)53-52(58)50(56)46-44-42-40-38-36-34-32-30-28-26-24-22-20-18-16-14-12-10-8-6-4-2/h21,23,29,31,37,39,48-51,54-57H,3-20,22,24-28,30,32-36,38,40-47H2,1-2H3,(H,53,58)/b23-21+,31-29+,39-37+. The van der Waals surface area contributed by atoms with E-state index in [9.17, 15) is 25.2 Å². The van der Waals surface area contributed by atoms with E-state index in [1.165, 1.54) is 173 Å². The predicted octanol–water partition coefficient (Wildman–Crippen LogP) is 14.1. The van der Waals surface area contributed by atoms with Gasteiger partial charge < -0.3 is 25.7 Å². The number of nitrogens with one attached hydrogen (secondary N) is 1. The lowest BCUT2D eigenvalue weighted by molar-refractivity contribution is -0.132. The van der Waals surface area contributed by atoms with E-state index in [2.05, 4.69) is 55.6 Å². The SMILES string of the molecule is CCCCCCCCCC/C=C/CC/C=C/CC/C=C/CCCC(O)C(O)C(CO)NC(=O)C(O)CCCCCCCCCCCCCCCCCCCCCCC. The Balaban J connectivity index is 3.74. The average molecular weight is 818 g/mol. The summed E-state index contributed by atoms with van der Waals surface area (Å²) in [6, 6.07) is -1.01. The van der Waals surface area contributed by atoms with Gasteiger partial charge in [-0.1, -0.05) is 230 Å². The molecular formula is C52H99NO5. The van der Waals surface area contributed by atoms with Crippen molar-refractivity contribution in [3.05, 3.63) is 36.5 Å². The summed E-state index contributed by atoms with van der Waals surface area (Å²) in [6.07, 6.45) is 56.2. The monoisotopic (exact) mass is 818 g/mol. The van der Waals surface area contributed by atoms with Crippen LogP contribution < -0.4 is 5.32 Å². The Hall–Kier alpha value is -1.47. The van der Waals surface area contributed by atoms with Gasteiger partial charge >= 0.3 is 0 Å². The second kappa shape index (κ2) is 46.6. The molecule has 0 aliphatic rings. The molecular weight excluding hydrogens is 719 g/mol. The lowest BCUT2D eigenvalue weighted by Gasteiger charge is -2.27. The second-order valence-corrected chi connectivity index (χ2v) is 17.5. The minimum Gasteiger partial charge on any atom is -0.394 e. The highest BCUT2D eigenvalue weighted by Crippen LogP contribution is 2.17. The molecule has 0 aromatic carbocycles. The van der Waals surface area contributed by atoms with Gasteiger partial charge in [0.1, 0.15) is 12.2 Å². The zero-order valence-electron chi connectivity index (χ0n) is 38.5. The fraction of sp³-hybridized carbons (Fsp3) is 0.865. The molecule has 58 heavy (non-hydrogen) atoms. The maximum absolute atomic E-state index is 12.6. The number of carbonyl (C=O) groups is 1. The van der Waals surface area contributed by atoms with Crippen LogP contribution >= 0.6 is 0 Å². The third-order valence-corrected chi connectivity index (χ3v) is 11.8. The van der Waals surface area contributed by atoms with E-state index in [-0.39, 0.29) is 0 Å². The number of carbonyl (C=O) groups excluding carboxylic acids is 1. The molecule has 0 aromatic rings. The highest BCUT2D eigenvalue weighted by molar-refractivity contribution is 5.80. The van der Waals surface area contributed by atoms with Crippen LogP contribution in [0.3, 0.4) is 0 Å². The van der Waals surface area contributed by atoms with Crippen molar-refractivity contribution in [1.82, 2.24) is 5.32 Å². The van der Waals surface area contributed by atoms with Gasteiger partial charge in [-0.25, -0.2) is 0 Å². The number of hydrogen-bond acceptors (Lipinski definition) is 5. The summed E-state index contributed by atoms with van der Waals surface area (Å²) in [7, 11) is 0. The number of rotatable bonds is 46. The number of amides is 1. The Labute approximate surface area is 360 Å². The second-order valence-electron chi connectivity index (χ2n) is 17.5. The molecule has 0 fully saturated rings. The highest BCUT2D eigenvalue weighted by atomic mass is 16.3. The van der Waals surface area contributed by atoms with Crippen molar-refractivity contribution in [3.63, 3.8) is 0 Å². The van der Waals surface area contributed by atoms with E-state index in [1.54, 1.807) is 0 Å². The van der Waals surface area contributed by atoms with Gasteiger partial charge in [0.05, 0.1) is 18.8 Å². The van der Waals surface area contributed by atoms with Gasteiger partial charge in [0.2, 0.25) is 5.91 Å². The first-order chi connectivity index (χ1) is 28.5. The van der Waals surface area contributed by atoms with E-state index in [1.807, 2.05) is 0 Å². The van der Waals surface area contributed by atoms with Crippen LogP contribution in [0.1, 0.15) is 258 Å². The molecule has 0 bridgehead atoms. The van der Waals surface area contributed by atoms with Crippen molar-refractivity contribution < 1.29 is 25.2 Å². The summed E-state index contributed by atoms with van der Waals surface area (Å²) >= 11 is 0. The van der Waals surface area contributed by atoms with Crippen molar-refractivity contribution in [3.8, 4) is 0 Å². The van der Waals surface area contributed by atoms with Crippen LogP contribution in [0.5, 0.6) is 0 Å². The summed E-state index contributed by atoms with van der Waals surface area (Å²) in [5, 5.41) is 43.8. The van der Waals surface area contributed by atoms with Crippen molar-refractivity contribution in [2.45, 2.75) is 282 Å². The lowest BCUT2D eigenvalue weighted by atomic mass is 10.00. The number of aliphatic hydroxyl groups excluding tert-OH is 4. The van der Waals surface area contributed by atoms with Crippen LogP contribution in [-0.2, 0) is 4.79 Å². The number of allylic oxidation sites excluding steroid dienone is 6. The Bertz CT molecular complexity index is 919.